The fourth-order valence-corrected chi connectivity index (χ4v) is 5.43. The molecule has 0 radical (unpaired) electrons. The summed E-state index contributed by atoms with van der Waals surface area (Å²) in [5.74, 6) is 0.563. The van der Waals surface area contributed by atoms with Crippen molar-refractivity contribution >= 4 is 21.6 Å². The Morgan fingerprint density at radius 1 is 1.14 bits per heavy atom. The van der Waals surface area contributed by atoms with Crippen LogP contribution < -0.4 is 10.2 Å². The highest BCUT2D eigenvalue weighted by atomic mass is 32.2. The molecule has 6 nitrogen and oxygen atoms in total. The van der Waals surface area contributed by atoms with Gasteiger partial charge in [-0.1, -0.05) is 19.1 Å². The van der Waals surface area contributed by atoms with Gasteiger partial charge in [0.25, 0.3) is 0 Å². The van der Waals surface area contributed by atoms with Crippen molar-refractivity contribution in [1.29, 1.82) is 0 Å². The van der Waals surface area contributed by atoms with E-state index in [9.17, 15) is 13.2 Å². The summed E-state index contributed by atoms with van der Waals surface area (Å²) in [5.41, 5.74) is 2.31. The van der Waals surface area contributed by atoms with Crippen LogP contribution in [0.15, 0.2) is 24.3 Å². The van der Waals surface area contributed by atoms with Gasteiger partial charge in [-0.05, 0) is 63.1 Å². The molecule has 7 heteroatoms. The number of sulfonamides is 1. The number of hydrogen-bond acceptors (Lipinski definition) is 4. The van der Waals surface area contributed by atoms with Crippen molar-refractivity contribution in [3.05, 3.63) is 29.8 Å². The highest BCUT2D eigenvalue weighted by Crippen LogP contribution is 2.25. The first-order chi connectivity index (χ1) is 13.8. The van der Waals surface area contributed by atoms with Crippen molar-refractivity contribution in [3.63, 3.8) is 0 Å². The molecule has 3 rings (SSSR count). The molecule has 1 aromatic rings. The minimum absolute atomic E-state index is 0.0532. The van der Waals surface area contributed by atoms with Crippen LogP contribution in [0.2, 0.25) is 0 Å². The zero-order chi connectivity index (χ0) is 21.0. The minimum atomic E-state index is -3.24. The Morgan fingerprint density at radius 2 is 1.79 bits per heavy atom. The van der Waals surface area contributed by atoms with Gasteiger partial charge in [0.15, 0.2) is 0 Å². The number of carbonyl (C=O) groups is 1. The number of carbonyl (C=O) groups excluding carboxylic acids is 1. The van der Waals surface area contributed by atoms with Crippen LogP contribution >= 0.6 is 0 Å². The van der Waals surface area contributed by atoms with Gasteiger partial charge < -0.3 is 10.2 Å². The Bertz CT molecular complexity index is 786. The van der Waals surface area contributed by atoms with Crippen molar-refractivity contribution < 1.29 is 13.2 Å². The van der Waals surface area contributed by atoms with E-state index in [-0.39, 0.29) is 23.6 Å². The Morgan fingerprint density at radius 3 is 2.41 bits per heavy atom. The highest BCUT2D eigenvalue weighted by molar-refractivity contribution is 7.89. The molecule has 1 N–H and O–H groups in total. The number of benzene rings is 1. The van der Waals surface area contributed by atoms with Crippen molar-refractivity contribution in [1.82, 2.24) is 9.62 Å². The van der Waals surface area contributed by atoms with Crippen LogP contribution in [-0.2, 0) is 14.8 Å². The Hall–Kier alpha value is -1.60. The number of hydrogen-bond donors (Lipinski definition) is 1. The third kappa shape index (κ3) is 5.51. The molecule has 0 bridgehead atoms. The quantitative estimate of drug-likeness (QED) is 0.766. The van der Waals surface area contributed by atoms with Crippen molar-refractivity contribution in [3.8, 4) is 0 Å². The molecular formula is C22H35N3O3S. The van der Waals surface area contributed by atoms with Crippen molar-refractivity contribution in [2.45, 2.75) is 52.5 Å². The van der Waals surface area contributed by atoms with Gasteiger partial charge >= 0.3 is 0 Å². The van der Waals surface area contributed by atoms with Crippen molar-refractivity contribution in [2.24, 2.45) is 11.8 Å². The lowest BCUT2D eigenvalue weighted by atomic mass is 9.97. The maximum absolute atomic E-state index is 12.7. The first kappa shape index (κ1) is 22.1. The van der Waals surface area contributed by atoms with E-state index < -0.39 is 10.0 Å². The fraction of sp³-hybridized carbons (Fsp3) is 0.682. The average molecular weight is 422 g/mol. The SMILES string of the molecule is CCS(=O)(=O)N1CCC[C@H](C(=O)N[C@H](C)c2ccc(N3CCC(C)CC3)cc2)C1. The maximum Gasteiger partial charge on any atom is 0.224 e. The third-order valence-corrected chi connectivity index (χ3v) is 8.26. The largest absolute Gasteiger partial charge is 0.372 e. The molecule has 162 valence electrons. The van der Waals surface area contributed by atoms with Gasteiger partial charge in [-0.3, -0.25) is 4.79 Å². The molecule has 2 fully saturated rings. The van der Waals surface area contributed by atoms with Gasteiger partial charge in [0, 0.05) is 31.9 Å². The van der Waals surface area contributed by atoms with E-state index >= 15 is 0 Å². The Kier molecular flexibility index (Phi) is 7.22. The number of piperidine rings is 2. The summed E-state index contributed by atoms with van der Waals surface area (Å²) in [4.78, 5) is 15.2. The molecule has 2 saturated heterocycles. The molecular weight excluding hydrogens is 386 g/mol. The second kappa shape index (κ2) is 9.47. The number of nitrogens with zero attached hydrogens (tertiary/aromatic N) is 2. The van der Waals surface area contributed by atoms with Gasteiger partial charge in [-0.2, -0.15) is 0 Å². The predicted molar refractivity (Wildman–Crippen MR) is 117 cm³/mol. The molecule has 0 spiro atoms. The number of amides is 1. The van der Waals surface area contributed by atoms with Gasteiger partial charge in [-0.15, -0.1) is 0 Å². The predicted octanol–water partition coefficient (Wildman–Crippen LogP) is 3.16. The monoisotopic (exact) mass is 421 g/mol. The molecule has 0 aromatic heterocycles. The minimum Gasteiger partial charge on any atom is -0.372 e. The molecule has 0 aliphatic carbocycles. The molecule has 2 heterocycles. The molecule has 1 aromatic carbocycles. The van der Waals surface area contributed by atoms with E-state index in [1.54, 1.807) is 6.92 Å². The zero-order valence-corrected chi connectivity index (χ0v) is 18.7. The van der Waals surface area contributed by atoms with Crippen LogP contribution in [0.4, 0.5) is 5.69 Å². The molecule has 0 saturated carbocycles. The second-order valence-electron chi connectivity index (χ2n) is 8.59. The second-order valence-corrected chi connectivity index (χ2v) is 10.8. The molecule has 29 heavy (non-hydrogen) atoms. The van der Waals surface area contributed by atoms with Gasteiger partial charge in [-0.25, -0.2) is 12.7 Å². The summed E-state index contributed by atoms with van der Waals surface area (Å²) in [6.45, 7) is 8.96. The summed E-state index contributed by atoms with van der Waals surface area (Å²) < 4.78 is 25.7. The Balaban J connectivity index is 1.56. The van der Waals surface area contributed by atoms with Crippen LogP contribution in [-0.4, -0.2) is 50.6 Å². The van der Waals surface area contributed by atoms with E-state index in [1.807, 2.05) is 6.92 Å². The molecule has 2 atom stereocenters. The summed E-state index contributed by atoms with van der Waals surface area (Å²) in [5, 5.41) is 3.09. The molecule has 2 aliphatic heterocycles. The van der Waals surface area contributed by atoms with Crippen LogP contribution in [0.5, 0.6) is 0 Å². The topological polar surface area (TPSA) is 69.7 Å². The summed E-state index contributed by atoms with van der Waals surface area (Å²) in [6, 6.07) is 8.37. The van der Waals surface area contributed by atoms with Gasteiger partial charge in [0.2, 0.25) is 15.9 Å². The highest BCUT2D eigenvalue weighted by Gasteiger charge is 2.31. The van der Waals surface area contributed by atoms with Crippen LogP contribution in [0, 0.1) is 11.8 Å². The van der Waals surface area contributed by atoms with E-state index in [0.29, 0.717) is 13.1 Å². The van der Waals surface area contributed by atoms with Gasteiger partial charge in [0.05, 0.1) is 17.7 Å². The van der Waals surface area contributed by atoms with E-state index in [2.05, 4.69) is 41.4 Å². The summed E-state index contributed by atoms with van der Waals surface area (Å²) in [7, 11) is -3.24. The summed E-state index contributed by atoms with van der Waals surface area (Å²) >= 11 is 0. The third-order valence-electron chi connectivity index (χ3n) is 6.41. The number of rotatable bonds is 6. The lowest BCUT2D eigenvalue weighted by molar-refractivity contribution is -0.126. The maximum atomic E-state index is 12.7. The van der Waals surface area contributed by atoms with Crippen LogP contribution in [0.25, 0.3) is 0 Å². The number of nitrogens with one attached hydrogen (secondary N) is 1. The van der Waals surface area contributed by atoms with Crippen molar-refractivity contribution in [2.75, 3.05) is 36.8 Å². The molecule has 0 unspecified atom stereocenters. The zero-order valence-electron chi connectivity index (χ0n) is 17.9. The first-order valence-corrected chi connectivity index (χ1v) is 12.5. The normalized spacial score (nSPS) is 23.0. The number of anilines is 1. The standard InChI is InChI=1S/C22H35N3O3S/c1-4-29(27,28)25-13-5-6-20(16-25)22(26)23-18(3)19-7-9-21(10-8-19)24-14-11-17(2)12-15-24/h7-10,17-18,20H,4-6,11-16H2,1-3H3,(H,23,26)/t18-,20+/m1/s1. The van der Waals surface area contributed by atoms with E-state index in [1.165, 1.54) is 22.8 Å². The van der Waals surface area contributed by atoms with Gasteiger partial charge in [0.1, 0.15) is 0 Å². The van der Waals surface area contributed by atoms with E-state index in [0.717, 1.165) is 37.4 Å². The lowest BCUT2D eigenvalue weighted by Crippen LogP contribution is -2.46. The first-order valence-electron chi connectivity index (χ1n) is 10.9. The van der Waals surface area contributed by atoms with Crippen LogP contribution in [0.3, 0.4) is 0 Å². The average Bonchev–Trinajstić information content (AvgIpc) is 2.74. The smallest absolute Gasteiger partial charge is 0.224 e. The molecule has 1 amide bonds. The lowest BCUT2D eigenvalue weighted by Gasteiger charge is -2.32. The van der Waals surface area contributed by atoms with Crippen LogP contribution in [0.1, 0.15) is 58.1 Å². The molecule has 2 aliphatic rings. The summed E-state index contributed by atoms with van der Waals surface area (Å²) in [6.07, 6.45) is 3.94. The fourth-order valence-electron chi connectivity index (χ4n) is 4.25. The Labute approximate surface area is 175 Å². The van der Waals surface area contributed by atoms with E-state index in [4.69, 9.17) is 0 Å².